The van der Waals surface area contributed by atoms with E-state index in [2.05, 4.69) is 5.32 Å². The Balaban J connectivity index is 2.28. The Morgan fingerprint density at radius 1 is 1.05 bits per heavy atom. The molecule has 0 saturated carbocycles. The van der Waals surface area contributed by atoms with Crippen LogP contribution in [0.3, 0.4) is 0 Å². The van der Waals surface area contributed by atoms with Gasteiger partial charge in [-0.3, -0.25) is 13.9 Å². The van der Waals surface area contributed by atoms with Gasteiger partial charge in [-0.1, -0.05) is 49.7 Å². The minimum absolute atomic E-state index is 0.0184. The van der Waals surface area contributed by atoms with Crippen LogP contribution in [-0.2, 0) is 32.3 Å². The van der Waals surface area contributed by atoms with E-state index in [1.165, 1.54) is 11.0 Å². The van der Waals surface area contributed by atoms with E-state index in [4.69, 9.17) is 11.6 Å². The fourth-order valence-electron chi connectivity index (χ4n) is 4.01. The summed E-state index contributed by atoms with van der Waals surface area (Å²) in [6.45, 7) is 5.41. The van der Waals surface area contributed by atoms with Gasteiger partial charge in [0, 0.05) is 30.6 Å². The van der Waals surface area contributed by atoms with Crippen LogP contribution < -0.4 is 9.62 Å². The Kier molecular flexibility index (Phi) is 11.7. The molecule has 0 bridgehead atoms. The number of carbonyl (C=O) groups excluding carboxylic acids is 2. The molecule has 12 heteroatoms. The van der Waals surface area contributed by atoms with E-state index in [0.29, 0.717) is 23.4 Å². The molecule has 0 aliphatic heterocycles. The van der Waals surface area contributed by atoms with Gasteiger partial charge in [-0.25, -0.2) is 8.42 Å². The number of hydrogen-bond acceptors (Lipinski definition) is 4. The number of anilines is 1. The summed E-state index contributed by atoms with van der Waals surface area (Å²) in [6, 6.07) is 10.1. The quantitative estimate of drug-likeness (QED) is 0.328. The lowest BCUT2D eigenvalue weighted by atomic mass is 10.1. The number of nitrogens with one attached hydrogen (secondary N) is 1. The lowest BCUT2D eigenvalue weighted by Crippen LogP contribution is -2.50. The van der Waals surface area contributed by atoms with Gasteiger partial charge in [-0.05, 0) is 56.0 Å². The molecule has 0 saturated heterocycles. The normalized spacial score (nSPS) is 13.4. The van der Waals surface area contributed by atoms with E-state index < -0.39 is 33.7 Å². The molecule has 216 valence electrons. The second kappa shape index (κ2) is 14.0. The van der Waals surface area contributed by atoms with Gasteiger partial charge in [0.15, 0.2) is 0 Å². The summed E-state index contributed by atoms with van der Waals surface area (Å²) in [7, 11) is -3.94. The van der Waals surface area contributed by atoms with Crippen molar-refractivity contribution in [1.29, 1.82) is 0 Å². The summed E-state index contributed by atoms with van der Waals surface area (Å²) >= 11 is 6.32. The van der Waals surface area contributed by atoms with Crippen molar-refractivity contribution in [2.24, 2.45) is 0 Å². The van der Waals surface area contributed by atoms with E-state index in [1.807, 2.05) is 13.8 Å². The van der Waals surface area contributed by atoms with Crippen LogP contribution in [0, 0.1) is 0 Å². The molecule has 0 aliphatic carbocycles. The van der Waals surface area contributed by atoms with Gasteiger partial charge >= 0.3 is 6.18 Å². The highest BCUT2D eigenvalue weighted by Crippen LogP contribution is 2.32. The van der Waals surface area contributed by atoms with Gasteiger partial charge in [0.2, 0.25) is 21.8 Å². The molecular weight excluding hydrogens is 555 g/mol. The van der Waals surface area contributed by atoms with Crippen LogP contribution in [0.1, 0.15) is 57.6 Å². The molecule has 1 N–H and O–H groups in total. The van der Waals surface area contributed by atoms with Gasteiger partial charge in [0.05, 0.1) is 17.5 Å². The first-order valence-corrected chi connectivity index (χ1v) is 14.9. The number of nitrogens with zero attached hydrogens (tertiary/aromatic N) is 2. The summed E-state index contributed by atoms with van der Waals surface area (Å²) in [5, 5.41) is 3.34. The number of benzene rings is 2. The molecule has 0 fully saturated rings. The summed E-state index contributed by atoms with van der Waals surface area (Å²) in [5.41, 5.74) is -0.482. The number of hydrogen-bond donors (Lipinski definition) is 1. The van der Waals surface area contributed by atoms with Crippen molar-refractivity contribution in [2.75, 3.05) is 17.1 Å². The SMILES string of the molecule is CC[C@H](C)NC(=O)[C@H](CC)N(Cc1ccccc1Cl)C(=O)CCCN(c1cccc(C(F)(F)F)c1)S(C)(=O)=O. The zero-order valence-electron chi connectivity index (χ0n) is 22.5. The first-order chi connectivity index (χ1) is 18.2. The molecule has 2 rings (SSSR count). The van der Waals surface area contributed by atoms with E-state index in [-0.39, 0.29) is 43.6 Å². The number of amides is 2. The number of rotatable bonds is 13. The predicted octanol–water partition coefficient (Wildman–Crippen LogP) is 5.63. The number of carbonyl (C=O) groups is 2. The summed E-state index contributed by atoms with van der Waals surface area (Å²) in [5.74, 6) is -0.715. The predicted molar refractivity (Wildman–Crippen MR) is 147 cm³/mol. The Bertz CT molecular complexity index is 1240. The Morgan fingerprint density at radius 3 is 2.28 bits per heavy atom. The fourth-order valence-corrected chi connectivity index (χ4v) is 5.16. The number of halogens is 4. The van der Waals surface area contributed by atoms with E-state index in [1.54, 1.807) is 31.2 Å². The summed E-state index contributed by atoms with van der Waals surface area (Å²) in [6.07, 6.45) is -2.83. The second-order valence-electron chi connectivity index (χ2n) is 9.34. The highest BCUT2D eigenvalue weighted by atomic mass is 35.5. The number of sulfonamides is 1. The topological polar surface area (TPSA) is 86.8 Å². The Labute approximate surface area is 233 Å². The molecular formula is C27H35ClF3N3O4S. The molecule has 0 unspecified atom stereocenters. The van der Waals surface area contributed by atoms with Gasteiger partial charge < -0.3 is 10.2 Å². The Hall–Kier alpha value is -2.79. The zero-order chi connectivity index (χ0) is 29.4. The fraction of sp³-hybridized carbons (Fsp3) is 0.481. The zero-order valence-corrected chi connectivity index (χ0v) is 24.0. The molecule has 2 atom stereocenters. The maximum Gasteiger partial charge on any atom is 0.416 e. The minimum atomic E-state index is -4.64. The summed E-state index contributed by atoms with van der Waals surface area (Å²) < 4.78 is 65.3. The maximum atomic E-state index is 13.5. The van der Waals surface area contributed by atoms with Crippen molar-refractivity contribution in [3.63, 3.8) is 0 Å². The van der Waals surface area contributed by atoms with Crippen LogP contribution in [0.4, 0.5) is 18.9 Å². The molecule has 0 heterocycles. The maximum absolute atomic E-state index is 13.5. The first-order valence-electron chi connectivity index (χ1n) is 12.7. The van der Waals surface area contributed by atoms with Gasteiger partial charge in [0.25, 0.3) is 0 Å². The highest BCUT2D eigenvalue weighted by Gasteiger charge is 2.32. The average molecular weight is 590 g/mol. The van der Waals surface area contributed by atoms with Crippen molar-refractivity contribution < 1.29 is 31.2 Å². The van der Waals surface area contributed by atoms with Crippen molar-refractivity contribution in [1.82, 2.24) is 10.2 Å². The first kappa shape index (κ1) is 32.4. The minimum Gasteiger partial charge on any atom is -0.352 e. The van der Waals surface area contributed by atoms with Crippen LogP contribution in [0.25, 0.3) is 0 Å². The van der Waals surface area contributed by atoms with Crippen molar-refractivity contribution in [3.8, 4) is 0 Å². The second-order valence-corrected chi connectivity index (χ2v) is 11.7. The molecule has 7 nitrogen and oxygen atoms in total. The van der Waals surface area contributed by atoms with E-state index >= 15 is 0 Å². The molecule has 0 spiro atoms. The van der Waals surface area contributed by atoms with E-state index in [9.17, 15) is 31.2 Å². The van der Waals surface area contributed by atoms with Gasteiger partial charge in [0.1, 0.15) is 6.04 Å². The lowest BCUT2D eigenvalue weighted by molar-refractivity contribution is -0.141. The van der Waals surface area contributed by atoms with Gasteiger partial charge in [-0.15, -0.1) is 0 Å². The van der Waals surface area contributed by atoms with Gasteiger partial charge in [-0.2, -0.15) is 13.2 Å². The van der Waals surface area contributed by atoms with Crippen LogP contribution in [0.5, 0.6) is 0 Å². The number of alkyl halides is 3. The van der Waals surface area contributed by atoms with Crippen LogP contribution in [0.15, 0.2) is 48.5 Å². The molecule has 0 aliphatic rings. The van der Waals surface area contributed by atoms with Crippen LogP contribution in [-0.4, -0.2) is 50.0 Å². The molecule has 2 aromatic carbocycles. The largest absolute Gasteiger partial charge is 0.416 e. The average Bonchev–Trinajstić information content (AvgIpc) is 2.86. The molecule has 2 amide bonds. The van der Waals surface area contributed by atoms with Crippen LogP contribution >= 0.6 is 11.6 Å². The molecule has 0 radical (unpaired) electrons. The summed E-state index contributed by atoms with van der Waals surface area (Å²) in [4.78, 5) is 27.9. The third-order valence-corrected chi connectivity index (χ3v) is 7.86. The highest BCUT2D eigenvalue weighted by molar-refractivity contribution is 7.92. The standard InChI is InChI=1S/C27H35ClF3N3O4S/c1-5-19(3)32-26(36)24(6-2)33(18-20-11-7-8-14-23(20)28)25(35)15-10-16-34(39(4,37)38)22-13-9-12-21(17-22)27(29,30)31/h7-9,11-14,17,19,24H,5-6,10,15-16,18H2,1-4H3,(H,32,36)/t19-,24-/m0/s1. The lowest BCUT2D eigenvalue weighted by Gasteiger charge is -2.32. The van der Waals surface area contributed by atoms with Crippen LogP contribution in [0.2, 0.25) is 5.02 Å². The smallest absolute Gasteiger partial charge is 0.352 e. The Morgan fingerprint density at radius 2 is 1.72 bits per heavy atom. The van der Waals surface area contributed by atoms with Crippen molar-refractivity contribution in [2.45, 2.75) is 71.3 Å². The molecule has 39 heavy (non-hydrogen) atoms. The molecule has 0 aromatic heterocycles. The van der Waals surface area contributed by atoms with E-state index in [0.717, 1.165) is 28.8 Å². The third-order valence-electron chi connectivity index (χ3n) is 6.30. The monoisotopic (exact) mass is 589 g/mol. The van der Waals surface area contributed by atoms with Crippen molar-refractivity contribution >= 4 is 39.1 Å². The molecule has 2 aromatic rings. The van der Waals surface area contributed by atoms with Crippen molar-refractivity contribution in [3.05, 3.63) is 64.7 Å². The third kappa shape index (κ3) is 9.42.